The van der Waals surface area contributed by atoms with Gasteiger partial charge in [0, 0.05) is 11.9 Å². The molecule has 0 spiro atoms. The van der Waals surface area contributed by atoms with Crippen molar-refractivity contribution in [2.45, 2.75) is 0 Å². The van der Waals surface area contributed by atoms with Gasteiger partial charge in [-0.1, -0.05) is 12.1 Å². The summed E-state index contributed by atoms with van der Waals surface area (Å²) >= 11 is 0. The quantitative estimate of drug-likeness (QED) is 0.856. The highest BCUT2D eigenvalue weighted by Crippen LogP contribution is 2.30. The second-order valence-electron chi connectivity index (χ2n) is 4.58. The molecule has 1 aromatic carbocycles. The van der Waals surface area contributed by atoms with Crippen molar-refractivity contribution in [2.75, 3.05) is 25.1 Å². The molecule has 3 N–H and O–H groups in total. The fourth-order valence-electron chi connectivity index (χ4n) is 2.02. The summed E-state index contributed by atoms with van der Waals surface area (Å²) < 4.78 is 10.5. The van der Waals surface area contributed by atoms with Crippen LogP contribution >= 0.6 is 0 Å². The van der Waals surface area contributed by atoms with Crippen LogP contribution in [0.25, 0.3) is 11.0 Å². The number of amides is 1. The van der Waals surface area contributed by atoms with Crippen LogP contribution in [0.4, 0.5) is 5.69 Å². The number of rotatable bonds is 3. The third-order valence-electron chi connectivity index (χ3n) is 3.36. The monoisotopic (exact) mass is 246 g/mol. The largest absolute Gasteiger partial charge is 0.462 e. The number of carbonyl (C=O) groups is 1. The predicted molar refractivity (Wildman–Crippen MR) is 67.2 cm³/mol. The summed E-state index contributed by atoms with van der Waals surface area (Å²) in [6.07, 6.45) is 1.55. The van der Waals surface area contributed by atoms with Crippen LogP contribution in [-0.4, -0.2) is 25.7 Å². The second-order valence-corrected chi connectivity index (χ2v) is 4.58. The van der Waals surface area contributed by atoms with Crippen molar-refractivity contribution < 1.29 is 13.9 Å². The standard InChI is InChI=1S/C13H14N2O3/c14-6-13(7-17-8-13)12(16)15-10-5-18-11-4-2-1-3-9(10)11/h1-5H,6-8,14H2,(H,15,16). The van der Waals surface area contributed by atoms with Crippen molar-refractivity contribution in [3.05, 3.63) is 30.5 Å². The average Bonchev–Trinajstić information content (AvgIpc) is 2.72. The van der Waals surface area contributed by atoms with Gasteiger partial charge < -0.3 is 20.2 Å². The van der Waals surface area contributed by atoms with E-state index < -0.39 is 5.41 Å². The Balaban J connectivity index is 1.86. The first-order chi connectivity index (χ1) is 8.75. The molecule has 2 heterocycles. The zero-order chi connectivity index (χ0) is 12.6. The van der Waals surface area contributed by atoms with Gasteiger partial charge in [-0.15, -0.1) is 0 Å². The molecule has 5 nitrogen and oxygen atoms in total. The fraction of sp³-hybridized carbons (Fsp3) is 0.308. The van der Waals surface area contributed by atoms with E-state index in [2.05, 4.69) is 5.32 Å². The molecule has 3 rings (SSSR count). The number of fused-ring (bicyclic) bond motifs is 1. The first kappa shape index (κ1) is 11.3. The first-order valence-corrected chi connectivity index (χ1v) is 5.81. The minimum absolute atomic E-state index is 0.109. The van der Waals surface area contributed by atoms with Gasteiger partial charge in [-0.05, 0) is 12.1 Å². The smallest absolute Gasteiger partial charge is 0.236 e. The van der Waals surface area contributed by atoms with E-state index in [1.54, 1.807) is 6.26 Å². The number of nitrogens with one attached hydrogen (secondary N) is 1. The van der Waals surface area contributed by atoms with E-state index in [1.807, 2.05) is 24.3 Å². The number of furan rings is 1. The molecule has 1 fully saturated rings. The summed E-state index contributed by atoms with van der Waals surface area (Å²) in [5.74, 6) is -0.109. The number of ether oxygens (including phenoxy) is 1. The van der Waals surface area contributed by atoms with Gasteiger partial charge in [-0.3, -0.25) is 4.79 Å². The van der Waals surface area contributed by atoms with E-state index in [0.717, 1.165) is 11.0 Å². The Morgan fingerprint density at radius 2 is 2.17 bits per heavy atom. The van der Waals surface area contributed by atoms with Gasteiger partial charge >= 0.3 is 0 Å². The average molecular weight is 246 g/mol. The molecular formula is C13H14N2O3. The molecular weight excluding hydrogens is 232 g/mol. The van der Waals surface area contributed by atoms with Crippen molar-refractivity contribution in [1.29, 1.82) is 0 Å². The Bertz CT molecular complexity index is 581. The summed E-state index contributed by atoms with van der Waals surface area (Å²) in [7, 11) is 0. The maximum Gasteiger partial charge on any atom is 0.236 e. The Hall–Kier alpha value is -1.85. The number of anilines is 1. The van der Waals surface area contributed by atoms with Gasteiger partial charge in [0.25, 0.3) is 0 Å². The van der Waals surface area contributed by atoms with Crippen molar-refractivity contribution in [1.82, 2.24) is 0 Å². The molecule has 1 aromatic heterocycles. The van der Waals surface area contributed by atoms with Crippen LogP contribution in [0.3, 0.4) is 0 Å². The van der Waals surface area contributed by atoms with E-state index in [0.29, 0.717) is 18.9 Å². The Morgan fingerprint density at radius 1 is 1.39 bits per heavy atom. The minimum Gasteiger partial charge on any atom is -0.462 e. The van der Waals surface area contributed by atoms with Crippen molar-refractivity contribution >= 4 is 22.6 Å². The molecule has 94 valence electrons. The lowest BCUT2D eigenvalue weighted by Gasteiger charge is -2.38. The van der Waals surface area contributed by atoms with Crippen LogP contribution in [0.2, 0.25) is 0 Å². The van der Waals surface area contributed by atoms with Gasteiger partial charge in [0.05, 0.1) is 18.9 Å². The van der Waals surface area contributed by atoms with Gasteiger partial charge in [0.15, 0.2) is 0 Å². The number of hydrogen-bond donors (Lipinski definition) is 2. The zero-order valence-electron chi connectivity index (χ0n) is 9.81. The summed E-state index contributed by atoms with van der Waals surface area (Å²) in [5.41, 5.74) is 6.49. The minimum atomic E-state index is -0.585. The molecule has 2 aromatic rings. The SMILES string of the molecule is NCC1(C(=O)Nc2coc3ccccc23)COC1. The first-order valence-electron chi connectivity index (χ1n) is 5.81. The Labute approximate surface area is 104 Å². The normalized spacial score (nSPS) is 17.4. The molecule has 18 heavy (non-hydrogen) atoms. The summed E-state index contributed by atoms with van der Waals surface area (Å²) in [6, 6.07) is 7.55. The van der Waals surface area contributed by atoms with Crippen molar-refractivity contribution in [2.24, 2.45) is 11.1 Å². The molecule has 0 atom stereocenters. The van der Waals surface area contributed by atoms with Crippen LogP contribution in [0.1, 0.15) is 0 Å². The topological polar surface area (TPSA) is 77.5 Å². The lowest BCUT2D eigenvalue weighted by molar-refractivity contribution is -0.153. The van der Waals surface area contributed by atoms with Gasteiger partial charge in [0.2, 0.25) is 5.91 Å². The number of hydrogen-bond acceptors (Lipinski definition) is 4. The number of carbonyl (C=O) groups excluding carboxylic acids is 1. The summed E-state index contributed by atoms with van der Waals surface area (Å²) in [4.78, 5) is 12.2. The van der Waals surface area contributed by atoms with E-state index in [9.17, 15) is 4.79 Å². The van der Waals surface area contributed by atoms with Crippen molar-refractivity contribution in [3.63, 3.8) is 0 Å². The maximum atomic E-state index is 12.2. The highest BCUT2D eigenvalue weighted by Gasteiger charge is 2.44. The number of para-hydroxylation sites is 1. The molecule has 1 aliphatic heterocycles. The second kappa shape index (κ2) is 4.12. The van der Waals surface area contributed by atoms with Gasteiger partial charge in [0.1, 0.15) is 17.3 Å². The molecule has 5 heteroatoms. The zero-order valence-corrected chi connectivity index (χ0v) is 9.81. The summed E-state index contributed by atoms with van der Waals surface area (Å²) in [5, 5.41) is 3.75. The van der Waals surface area contributed by atoms with Gasteiger partial charge in [-0.25, -0.2) is 0 Å². The highest BCUT2D eigenvalue weighted by molar-refractivity contribution is 6.03. The molecule has 1 saturated heterocycles. The molecule has 1 aliphatic rings. The maximum absolute atomic E-state index is 12.2. The predicted octanol–water partition coefficient (Wildman–Crippen LogP) is 1.35. The van der Waals surface area contributed by atoms with Crippen LogP contribution in [0.15, 0.2) is 34.9 Å². The van der Waals surface area contributed by atoms with Crippen molar-refractivity contribution in [3.8, 4) is 0 Å². The Kier molecular flexibility index (Phi) is 2.57. The molecule has 0 unspecified atom stereocenters. The van der Waals surface area contributed by atoms with Crippen LogP contribution in [0.5, 0.6) is 0 Å². The van der Waals surface area contributed by atoms with Gasteiger partial charge in [-0.2, -0.15) is 0 Å². The Morgan fingerprint density at radius 3 is 2.83 bits per heavy atom. The van der Waals surface area contributed by atoms with E-state index in [-0.39, 0.29) is 12.5 Å². The fourth-order valence-corrected chi connectivity index (χ4v) is 2.02. The highest BCUT2D eigenvalue weighted by atomic mass is 16.5. The van der Waals surface area contributed by atoms with Crippen LogP contribution in [0, 0.1) is 5.41 Å². The van der Waals surface area contributed by atoms with E-state index in [1.165, 1.54) is 0 Å². The third-order valence-corrected chi connectivity index (χ3v) is 3.36. The summed E-state index contributed by atoms with van der Waals surface area (Å²) in [6.45, 7) is 1.05. The molecule has 0 bridgehead atoms. The third kappa shape index (κ3) is 1.60. The molecule has 0 saturated carbocycles. The van der Waals surface area contributed by atoms with Crippen LogP contribution in [-0.2, 0) is 9.53 Å². The number of nitrogens with two attached hydrogens (primary N) is 1. The number of benzene rings is 1. The lowest BCUT2D eigenvalue weighted by atomic mass is 9.85. The molecule has 1 amide bonds. The lowest BCUT2D eigenvalue weighted by Crippen LogP contribution is -2.56. The molecule has 0 aliphatic carbocycles. The molecule has 0 radical (unpaired) electrons. The van der Waals surface area contributed by atoms with E-state index in [4.69, 9.17) is 14.9 Å². The van der Waals surface area contributed by atoms with E-state index >= 15 is 0 Å². The van der Waals surface area contributed by atoms with Crippen LogP contribution < -0.4 is 11.1 Å².